The van der Waals surface area contributed by atoms with Gasteiger partial charge in [-0.2, -0.15) is 0 Å². The van der Waals surface area contributed by atoms with Crippen molar-refractivity contribution in [3.05, 3.63) is 35.4 Å². The zero-order valence-corrected chi connectivity index (χ0v) is 10.9. The first-order valence-electron chi connectivity index (χ1n) is 6.44. The number of nitrogens with one attached hydrogen (secondary N) is 2. The number of hydrogen-bond acceptors (Lipinski definition) is 2. The van der Waals surface area contributed by atoms with Gasteiger partial charge in [0.1, 0.15) is 0 Å². The molecule has 0 saturated carbocycles. The van der Waals surface area contributed by atoms with Gasteiger partial charge < -0.3 is 10.6 Å². The molecule has 1 aliphatic rings. The maximum absolute atomic E-state index is 13.0. The fourth-order valence-corrected chi connectivity index (χ4v) is 2.30. The van der Waals surface area contributed by atoms with Gasteiger partial charge in [-0.05, 0) is 44.0 Å². The molecule has 1 aromatic rings. The van der Waals surface area contributed by atoms with Crippen molar-refractivity contribution in [2.45, 2.75) is 31.7 Å². The summed E-state index contributed by atoms with van der Waals surface area (Å²) in [5.74, 6) is -2.00. The summed E-state index contributed by atoms with van der Waals surface area (Å²) in [4.78, 5) is 11.8. The van der Waals surface area contributed by atoms with Gasteiger partial charge in [-0.3, -0.25) is 4.79 Å². The van der Waals surface area contributed by atoms with Gasteiger partial charge in [0.25, 0.3) is 0 Å². The Morgan fingerprint density at radius 3 is 2.84 bits per heavy atom. The van der Waals surface area contributed by atoms with E-state index in [9.17, 15) is 13.6 Å². The molecule has 19 heavy (non-hydrogen) atoms. The predicted octanol–water partition coefficient (Wildman–Crippen LogP) is 1.77. The van der Waals surface area contributed by atoms with Gasteiger partial charge in [-0.25, -0.2) is 8.78 Å². The van der Waals surface area contributed by atoms with Crippen LogP contribution in [0.4, 0.5) is 8.78 Å². The number of carbonyl (C=O) groups is 1. The summed E-state index contributed by atoms with van der Waals surface area (Å²) in [6.45, 7) is 3.59. The summed E-state index contributed by atoms with van der Waals surface area (Å²) >= 11 is 0. The van der Waals surface area contributed by atoms with Crippen LogP contribution < -0.4 is 10.6 Å². The average Bonchev–Trinajstić information content (AvgIpc) is 2.79. The van der Waals surface area contributed by atoms with Gasteiger partial charge >= 0.3 is 0 Å². The largest absolute Gasteiger partial charge is 0.354 e. The molecule has 0 aromatic heterocycles. The molecular weight excluding hydrogens is 250 g/mol. The average molecular weight is 268 g/mol. The molecule has 1 amide bonds. The SMILES string of the molecule is CC1(CNC(=O)Cc2ccc(F)c(F)c2)CCCN1. The molecule has 0 aliphatic carbocycles. The van der Waals surface area contributed by atoms with E-state index in [1.165, 1.54) is 6.07 Å². The van der Waals surface area contributed by atoms with Crippen LogP contribution in [-0.2, 0) is 11.2 Å². The highest BCUT2D eigenvalue weighted by Crippen LogP contribution is 2.17. The molecule has 2 rings (SSSR count). The molecule has 5 heteroatoms. The van der Waals surface area contributed by atoms with Crippen LogP contribution >= 0.6 is 0 Å². The number of halogens is 2. The van der Waals surface area contributed by atoms with E-state index in [1.54, 1.807) is 0 Å². The number of amides is 1. The van der Waals surface area contributed by atoms with E-state index in [4.69, 9.17) is 0 Å². The normalized spacial score (nSPS) is 22.5. The van der Waals surface area contributed by atoms with Crippen LogP contribution in [0, 0.1) is 11.6 Å². The van der Waals surface area contributed by atoms with Crippen LogP contribution in [0.3, 0.4) is 0 Å². The van der Waals surface area contributed by atoms with Crippen LogP contribution in [0.1, 0.15) is 25.3 Å². The molecule has 0 bridgehead atoms. The van der Waals surface area contributed by atoms with Crippen LogP contribution in [0.5, 0.6) is 0 Å². The lowest BCUT2D eigenvalue weighted by molar-refractivity contribution is -0.120. The lowest BCUT2D eigenvalue weighted by atomic mass is 10.0. The van der Waals surface area contributed by atoms with Crippen LogP contribution in [0.25, 0.3) is 0 Å². The summed E-state index contributed by atoms with van der Waals surface area (Å²) in [7, 11) is 0. The van der Waals surface area contributed by atoms with Crippen molar-refractivity contribution in [3.63, 3.8) is 0 Å². The zero-order chi connectivity index (χ0) is 13.9. The van der Waals surface area contributed by atoms with Crippen molar-refractivity contribution < 1.29 is 13.6 Å². The number of carbonyl (C=O) groups excluding carboxylic acids is 1. The Kier molecular flexibility index (Phi) is 4.14. The molecule has 1 unspecified atom stereocenters. The molecule has 1 atom stereocenters. The maximum atomic E-state index is 13.0. The molecule has 3 nitrogen and oxygen atoms in total. The first kappa shape index (κ1) is 13.9. The standard InChI is InChI=1S/C14H18F2N2O/c1-14(5-2-6-18-14)9-17-13(19)8-10-3-4-11(15)12(16)7-10/h3-4,7,18H,2,5-6,8-9H2,1H3,(H,17,19). The van der Waals surface area contributed by atoms with Crippen LogP contribution in [0.2, 0.25) is 0 Å². The summed E-state index contributed by atoms with van der Waals surface area (Å²) in [5, 5.41) is 6.17. The molecule has 1 aromatic carbocycles. The van der Waals surface area contributed by atoms with E-state index in [1.807, 2.05) is 0 Å². The van der Waals surface area contributed by atoms with Crippen molar-refractivity contribution in [1.29, 1.82) is 0 Å². The molecule has 104 valence electrons. The van der Waals surface area contributed by atoms with Crippen LogP contribution in [-0.4, -0.2) is 24.5 Å². The molecular formula is C14H18F2N2O. The van der Waals surface area contributed by atoms with Gasteiger partial charge in [-0.1, -0.05) is 6.07 Å². The molecule has 1 fully saturated rings. The molecule has 2 N–H and O–H groups in total. The van der Waals surface area contributed by atoms with Crippen LogP contribution in [0.15, 0.2) is 18.2 Å². The van der Waals surface area contributed by atoms with Crippen molar-refractivity contribution >= 4 is 5.91 Å². The first-order valence-corrected chi connectivity index (χ1v) is 6.44. The van der Waals surface area contributed by atoms with Gasteiger partial charge in [0.2, 0.25) is 5.91 Å². The van der Waals surface area contributed by atoms with E-state index in [-0.39, 0.29) is 17.9 Å². The lowest BCUT2D eigenvalue weighted by Crippen LogP contribution is -2.47. The fourth-order valence-electron chi connectivity index (χ4n) is 2.30. The Hall–Kier alpha value is -1.49. The predicted molar refractivity (Wildman–Crippen MR) is 68.7 cm³/mol. The Bertz CT molecular complexity index is 471. The third kappa shape index (κ3) is 3.73. The van der Waals surface area contributed by atoms with Crippen molar-refractivity contribution in [1.82, 2.24) is 10.6 Å². The lowest BCUT2D eigenvalue weighted by Gasteiger charge is -2.24. The Labute approximate surface area is 111 Å². The molecule has 0 radical (unpaired) electrons. The summed E-state index contributed by atoms with van der Waals surface area (Å²) in [5.41, 5.74) is 0.421. The second-order valence-electron chi connectivity index (χ2n) is 5.29. The second kappa shape index (κ2) is 5.65. The Morgan fingerprint density at radius 2 is 2.21 bits per heavy atom. The highest BCUT2D eigenvalue weighted by molar-refractivity contribution is 5.78. The van der Waals surface area contributed by atoms with Gasteiger partial charge in [0.05, 0.1) is 6.42 Å². The number of hydrogen-bond donors (Lipinski definition) is 2. The fraction of sp³-hybridized carbons (Fsp3) is 0.500. The molecule has 1 aliphatic heterocycles. The smallest absolute Gasteiger partial charge is 0.224 e. The van der Waals surface area contributed by atoms with Crippen molar-refractivity contribution in [2.24, 2.45) is 0 Å². The third-order valence-electron chi connectivity index (χ3n) is 3.48. The summed E-state index contributed by atoms with van der Waals surface area (Å²) < 4.78 is 25.8. The summed E-state index contributed by atoms with van der Waals surface area (Å²) in [6.07, 6.45) is 2.20. The topological polar surface area (TPSA) is 41.1 Å². The number of benzene rings is 1. The minimum absolute atomic E-state index is 0.0519. The highest BCUT2D eigenvalue weighted by atomic mass is 19.2. The third-order valence-corrected chi connectivity index (χ3v) is 3.48. The minimum atomic E-state index is -0.922. The maximum Gasteiger partial charge on any atom is 0.224 e. The Balaban J connectivity index is 1.85. The Morgan fingerprint density at radius 1 is 1.42 bits per heavy atom. The molecule has 1 heterocycles. The van der Waals surface area contributed by atoms with Crippen molar-refractivity contribution in [3.8, 4) is 0 Å². The van der Waals surface area contributed by atoms with Gasteiger partial charge in [0, 0.05) is 12.1 Å². The molecule has 1 saturated heterocycles. The highest BCUT2D eigenvalue weighted by Gasteiger charge is 2.28. The van der Waals surface area contributed by atoms with Crippen molar-refractivity contribution in [2.75, 3.05) is 13.1 Å². The van der Waals surface area contributed by atoms with E-state index in [0.717, 1.165) is 31.5 Å². The molecule has 0 spiro atoms. The first-order chi connectivity index (χ1) is 8.98. The summed E-state index contributed by atoms with van der Waals surface area (Å²) in [6, 6.07) is 3.52. The monoisotopic (exact) mass is 268 g/mol. The quantitative estimate of drug-likeness (QED) is 0.873. The van der Waals surface area contributed by atoms with E-state index >= 15 is 0 Å². The van der Waals surface area contributed by atoms with E-state index in [2.05, 4.69) is 17.6 Å². The minimum Gasteiger partial charge on any atom is -0.354 e. The number of rotatable bonds is 4. The van der Waals surface area contributed by atoms with Gasteiger partial charge in [-0.15, -0.1) is 0 Å². The van der Waals surface area contributed by atoms with E-state index < -0.39 is 11.6 Å². The zero-order valence-electron chi connectivity index (χ0n) is 10.9. The second-order valence-corrected chi connectivity index (χ2v) is 5.29. The van der Waals surface area contributed by atoms with Gasteiger partial charge in [0.15, 0.2) is 11.6 Å². The van der Waals surface area contributed by atoms with E-state index in [0.29, 0.717) is 12.1 Å².